The number of hydrogen-bond donors (Lipinski definition) is 0. The predicted molar refractivity (Wildman–Crippen MR) is 69.3 cm³/mol. The molecular weight excluding hydrogens is 256 g/mol. The summed E-state index contributed by atoms with van der Waals surface area (Å²) in [5.74, 6) is 0.141. The number of anilines is 1. The van der Waals surface area contributed by atoms with Crippen molar-refractivity contribution in [2.75, 3.05) is 18.0 Å². The molecule has 0 aliphatic carbocycles. The molecule has 0 bridgehead atoms. The Hall–Kier alpha value is -1.27. The number of nitrogens with zero attached hydrogens (tertiary/aromatic N) is 2. The Morgan fingerprint density at radius 1 is 1.41 bits per heavy atom. The van der Waals surface area contributed by atoms with E-state index in [1.165, 1.54) is 11.3 Å². The highest BCUT2D eigenvalue weighted by atomic mass is 32.1. The van der Waals surface area contributed by atoms with Gasteiger partial charge in [0.15, 0.2) is 11.4 Å². The lowest BCUT2D eigenvalue weighted by molar-refractivity contribution is -0.110. The van der Waals surface area contributed by atoms with Gasteiger partial charge in [-0.2, -0.15) is 0 Å². The number of fused-ring (bicyclic) bond motifs is 1. The lowest BCUT2D eigenvalue weighted by Gasteiger charge is -2.12. The third kappa shape index (κ3) is 1.87. The summed E-state index contributed by atoms with van der Waals surface area (Å²) < 4.78 is 1.06. The molecular formula is C11H10N2O2S2. The molecule has 0 unspecified atom stereocenters. The van der Waals surface area contributed by atoms with E-state index in [0.29, 0.717) is 0 Å². The first-order valence-corrected chi connectivity index (χ1v) is 6.99. The van der Waals surface area contributed by atoms with Crippen molar-refractivity contribution in [2.45, 2.75) is 6.42 Å². The summed E-state index contributed by atoms with van der Waals surface area (Å²) in [6, 6.07) is 1.88. The van der Waals surface area contributed by atoms with Crippen molar-refractivity contribution in [1.29, 1.82) is 0 Å². The standard InChI is InChI=1S/C11H10N2O2S2/c14-5-7-1-2-13(4-7)11-12-10-9(17-11)3-8(6-15)16-10/h3,5-7H,1-2,4H2/t7-/m1/s1. The van der Waals surface area contributed by atoms with Gasteiger partial charge in [0, 0.05) is 19.0 Å². The molecule has 0 spiro atoms. The Morgan fingerprint density at radius 2 is 2.29 bits per heavy atom. The van der Waals surface area contributed by atoms with Crippen molar-refractivity contribution in [1.82, 2.24) is 4.98 Å². The molecule has 0 N–H and O–H groups in total. The Kier molecular flexibility index (Phi) is 2.68. The van der Waals surface area contributed by atoms with Crippen LogP contribution in [-0.2, 0) is 4.79 Å². The van der Waals surface area contributed by atoms with E-state index in [-0.39, 0.29) is 5.92 Å². The topological polar surface area (TPSA) is 50.3 Å². The van der Waals surface area contributed by atoms with Gasteiger partial charge < -0.3 is 9.69 Å². The van der Waals surface area contributed by atoms with E-state index in [2.05, 4.69) is 9.88 Å². The van der Waals surface area contributed by atoms with Gasteiger partial charge in [0.1, 0.15) is 11.1 Å². The van der Waals surface area contributed by atoms with Crippen LogP contribution < -0.4 is 4.90 Å². The number of carbonyl (C=O) groups excluding carboxylic acids is 2. The van der Waals surface area contributed by atoms with Gasteiger partial charge in [0.05, 0.1) is 9.58 Å². The molecule has 3 rings (SSSR count). The molecule has 17 heavy (non-hydrogen) atoms. The molecule has 88 valence electrons. The number of thiophene rings is 1. The number of hydrogen-bond acceptors (Lipinski definition) is 6. The molecule has 0 aromatic carbocycles. The zero-order valence-electron chi connectivity index (χ0n) is 8.96. The molecule has 2 aromatic rings. The second-order valence-electron chi connectivity index (χ2n) is 4.06. The third-order valence-corrected chi connectivity index (χ3v) is 5.05. The van der Waals surface area contributed by atoms with E-state index in [0.717, 1.165) is 51.6 Å². The minimum Gasteiger partial charge on any atom is -0.347 e. The third-order valence-electron chi connectivity index (χ3n) is 2.90. The summed E-state index contributed by atoms with van der Waals surface area (Å²) >= 11 is 3.01. The normalized spacial score (nSPS) is 20.0. The first-order chi connectivity index (χ1) is 8.30. The Balaban J connectivity index is 1.88. The first-order valence-electron chi connectivity index (χ1n) is 5.36. The van der Waals surface area contributed by atoms with Crippen LogP contribution in [0.4, 0.5) is 5.13 Å². The van der Waals surface area contributed by atoms with Gasteiger partial charge in [0.2, 0.25) is 0 Å². The number of carbonyl (C=O) groups is 2. The molecule has 0 saturated carbocycles. The maximum Gasteiger partial charge on any atom is 0.187 e. The first kappa shape index (κ1) is 10.9. The summed E-state index contributed by atoms with van der Waals surface area (Å²) in [6.07, 6.45) is 2.80. The quantitative estimate of drug-likeness (QED) is 0.799. The van der Waals surface area contributed by atoms with Gasteiger partial charge in [-0.05, 0) is 12.5 Å². The molecule has 1 aliphatic rings. The number of rotatable bonds is 3. The highest BCUT2D eigenvalue weighted by Crippen LogP contribution is 2.35. The average molecular weight is 266 g/mol. The summed E-state index contributed by atoms with van der Waals surface area (Å²) in [4.78, 5) is 29.7. The molecule has 4 nitrogen and oxygen atoms in total. The smallest absolute Gasteiger partial charge is 0.187 e. The van der Waals surface area contributed by atoms with Crippen molar-refractivity contribution in [3.05, 3.63) is 10.9 Å². The minimum absolute atomic E-state index is 0.141. The van der Waals surface area contributed by atoms with Crippen molar-refractivity contribution in [3.63, 3.8) is 0 Å². The molecule has 1 aliphatic heterocycles. The second kappa shape index (κ2) is 4.19. The number of aldehydes is 2. The fourth-order valence-electron chi connectivity index (χ4n) is 2.01. The van der Waals surface area contributed by atoms with E-state index >= 15 is 0 Å². The van der Waals surface area contributed by atoms with Crippen LogP contribution in [0.3, 0.4) is 0 Å². The summed E-state index contributed by atoms with van der Waals surface area (Å²) in [6.45, 7) is 1.66. The van der Waals surface area contributed by atoms with Gasteiger partial charge in [0.25, 0.3) is 0 Å². The van der Waals surface area contributed by atoms with Crippen molar-refractivity contribution in [3.8, 4) is 0 Å². The number of thiazole rings is 1. The highest BCUT2D eigenvalue weighted by molar-refractivity contribution is 7.29. The van der Waals surface area contributed by atoms with Gasteiger partial charge in [-0.15, -0.1) is 11.3 Å². The fourth-order valence-corrected chi connectivity index (χ4v) is 4.08. The molecule has 2 aromatic heterocycles. The van der Waals surface area contributed by atoms with E-state index in [1.54, 1.807) is 11.3 Å². The van der Waals surface area contributed by atoms with Gasteiger partial charge >= 0.3 is 0 Å². The average Bonchev–Trinajstić information content (AvgIpc) is 3.01. The Morgan fingerprint density at radius 3 is 2.94 bits per heavy atom. The minimum atomic E-state index is 0.141. The summed E-state index contributed by atoms with van der Waals surface area (Å²) in [5.41, 5.74) is 0. The molecule has 1 fully saturated rings. The number of aromatic nitrogens is 1. The van der Waals surface area contributed by atoms with Gasteiger partial charge in [-0.25, -0.2) is 4.98 Å². The lowest BCUT2D eigenvalue weighted by atomic mass is 10.1. The van der Waals surface area contributed by atoms with Crippen LogP contribution in [0.15, 0.2) is 6.07 Å². The van der Waals surface area contributed by atoms with E-state index in [1.807, 2.05) is 6.07 Å². The van der Waals surface area contributed by atoms with Crippen molar-refractivity contribution >= 4 is 49.9 Å². The maximum atomic E-state index is 10.7. The van der Waals surface area contributed by atoms with Crippen LogP contribution in [0.5, 0.6) is 0 Å². The fraction of sp³-hybridized carbons (Fsp3) is 0.364. The van der Waals surface area contributed by atoms with Crippen LogP contribution in [0.25, 0.3) is 9.53 Å². The van der Waals surface area contributed by atoms with Gasteiger partial charge in [-0.3, -0.25) is 4.79 Å². The molecule has 0 amide bonds. The Bertz CT molecular complexity index is 544. The van der Waals surface area contributed by atoms with E-state index in [9.17, 15) is 9.59 Å². The van der Waals surface area contributed by atoms with Crippen molar-refractivity contribution in [2.24, 2.45) is 5.92 Å². The van der Waals surface area contributed by atoms with Gasteiger partial charge in [-0.1, -0.05) is 11.3 Å². The summed E-state index contributed by atoms with van der Waals surface area (Å²) in [7, 11) is 0. The molecule has 6 heteroatoms. The largest absolute Gasteiger partial charge is 0.347 e. The highest BCUT2D eigenvalue weighted by Gasteiger charge is 2.24. The lowest BCUT2D eigenvalue weighted by Crippen LogP contribution is -2.19. The van der Waals surface area contributed by atoms with Crippen LogP contribution in [0, 0.1) is 5.92 Å². The molecule has 0 radical (unpaired) electrons. The van der Waals surface area contributed by atoms with Crippen LogP contribution >= 0.6 is 22.7 Å². The second-order valence-corrected chi connectivity index (χ2v) is 6.13. The zero-order valence-corrected chi connectivity index (χ0v) is 10.6. The van der Waals surface area contributed by atoms with E-state index < -0.39 is 0 Å². The van der Waals surface area contributed by atoms with Crippen LogP contribution in [-0.4, -0.2) is 30.6 Å². The van der Waals surface area contributed by atoms with Crippen LogP contribution in [0.1, 0.15) is 16.1 Å². The molecule has 1 saturated heterocycles. The molecule has 1 atom stereocenters. The van der Waals surface area contributed by atoms with Crippen LogP contribution in [0.2, 0.25) is 0 Å². The monoisotopic (exact) mass is 266 g/mol. The van der Waals surface area contributed by atoms with E-state index in [4.69, 9.17) is 0 Å². The SMILES string of the molecule is O=Cc1cc2sc(N3CC[C@@H](C=O)C3)nc2s1. The Labute approximate surface area is 106 Å². The van der Waals surface area contributed by atoms with Crippen molar-refractivity contribution < 1.29 is 9.59 Å². The molecule has 3 heterocycles. The maximum absolute atomic E-state index is 10.7. The predicted octanol–water partition coefficient (Wildman–Crippen LogP) is 2.20. The summed E-state index contributed by atoms with van der Waals surface area (Å²) in [5, 5.41) is 0.966. The zero-order chi connectivity index (χ0) is 11.8.